The van der Waals surface area contributed by atoms with Gasteiger partial charge in [-0.05, 0) is 29.9 Å². The summed E-state index contributed by atoms with van der Waals surface area (Å²) < 4.78 is 0. The quantitative estimate of drug-likeness (QED) is 0.328. The second-order valence-electron chi connectivity index (χ2n) is 5.35. The first-order valence-electron chi connectivity index (χ1n) is 7.85. The number of benzene rings is 3. The van der Waals surface area contributed by atoms with Gasteiger partial charge in [-0.2, -0.15) is 0 Å². The molecule has 0 aliphatic heterocycles. The van der Waals surface area contributed by atoms with Crippen molar-refractivity contribution in [3.8, 4) is 5.75 Å². The Bertz CT molecular complexity index is 859. The van der Waals surface area contributed by atoms with Crippen molar-refractivity contribution in [2.45, 2.75) is 6.92 Å². The third-order valence-electron chi connectivity index (χ3n) is 3.58. The molecule has 0 radical (unpaired) electrons. The zero-order chi connectivity index (χ0) is 18.8. The summed E-state index contributed by atoms with van der Waals surface area (Å²) in [6.07, 6.45) is 1.89. The predicted molar refractivity (Wildman–Crippen MR) is 112 cm³/mol. The SMILES string of the molecule is Cc1cccc(Pc2ccccc2C=Nc2ccccc2)c1O.[Cl][Ti][Cl]. The Morgan fingerprint density at radius 1 is 0.885 bits per heavy atom. The number of phenolic OH excluding ortho intramolecular Hbond substituents is 1. The molecule has 0 saturated heterocycles. The number of nitrogens with zero attached hydrogens (tertiary/aromatic N) is 1. The molecular weight excluding hydrogens is 420 g/mol. The topological polar surface area (TPSA) is 32.6 Å². The van der Waals surface area contributed by atoms with Crippen LogP contribution in [0.5, 0.6) is 5.75 Å². The van der Waals surface area contributed by atoms with Crippen LogP contribution in [0.1, 0.15) is 11.1 Å². The molecule has 0 saturated carbocycles. The fourth-order valence-corrected chi connectivity index (χ4v) is 3.54. The minimum atomic E-state index is -0.556. The van der Waals surface area contributed by atoms with Crippen LogP contribution < -0.4 is 10.6 Å². The summed E-state index contributed by atoms with van der Waals surface area (Å²) in [6, 6.07) is 24.0. The maximum atomic E-state index is 10.2. The Morgan fingerprint density at radius 2 is 1.50 bits per heavy atom. The van der Waals surface area contributed by atoms with E-state index in [1.807, 2.05) is 73.8 Å². The normalized spacial score (nSPS) is 10.7. The van der Waals surface area contributed by atoms with Crippen molar-refractivity contribution >= 4 is 49.7 Å². The molecule has 0 aliphatic rings. The Morgan fingerprint density at radius 3 is 2.23 bits per heavy atom. The molecule has 0 fully saturated rings. The molecule has 1 atom stereocenters. The summed E-state index contributed by atoms with van der Waals surface area (Å²) in [6.45, 7) is 1.92. The van der Waals surface area contributed by atoms with Gasteiger partial charge in [-0.15, -0.1) is 0 Å². The van der Waals surface area contributed by atoms with E-state index in [2.05, 4.69) is 17.1 Å². The van der Waals surface area contributed by atoms with Crippen molar-refractivity contribution in [3.05, 3.63) is 83.9 Å². The zero-order valence-corrected chi connectivity index (χ0v) is 18.2. The van der Waals surface area contributed by atoms with E-state index in [0.29, 0.717) is 14.3 Å². The van der Waals surface area contributed by atoms with Crippen LogP contribution in [0.15, 0.2) is 77.8 Å². The number of aryl methyl sites for hydroxylation is 1. The molecular formula is C20H18Cl2NOPTi. The van der Waals surface area contributed by atoms with Gasteiger partial charge in [-0.25, -0.2) is 0 Å². The Kier molecular flexibility index (Phi) is 9.39. The summed E-state index contributed by atoms with van der Waals surface area (Å²) in [5.74, 6) is 0.389. The predicted octanol–water partition coefficient (Wildman–Crippen LogP) is 5.46. The third kappa shape index (κ3) is 6.54. The van der Waals surface area contributed by atoms with E-state index < -0.39 is 17.0 Å². The molecule has 0 heterocycles. The van der Waals surface area contributed by atoms with E-state index in [1.54, 1.807) is 0 Å². The van der Waals surface area contributed by atoms with Crippen LogP contribution in [0.2, 0.25) is 0 Å². The number of halogens is 2. The number of aromatic hydroxyl groups is 1. The monoisotopic (exact) mass is 437 g/mol. The molecule has 1 N–H and O–H groups in total. The Hall–Kier alpha value is -1.15. The van der Waals surface area contributed by atoms with E-state index in [0.717, 1.165) is 22.1 Å². The molecule has 0 spiro atoms. The summed E-state index contributed by atoms with van der Waals surface area (Å²) in [5, 5.41) is 12.4. The van der Waals surface area contributed by atoms with E-state index in [9.17, 15) is 5.11 Å². The molecule has 6 heteroatoms. The van der Waals surface area contributed by atoms with E-state index in [-0.39, 0.29) is 0 Å². The average Bonchev–Trinajstić information content (AvgIpc) is 2.66. The van der Waals surface area contributed by atoms with E-state index in [4.69, 9.17) is 18.6 Å². The summed E-state index contributed by atoms with van der Waals surface area (Å²) >= 11 is -0.556. The molecule has 2 nitrogen and oxygen atoms in total. The summed E-state index contributed by atoms with van der Waals surface area (Å²) in [4.78, 5) is 4.54. The molecule has 3 aromatic rings. The standard InChI is InChI=1S/C20H18NOP.2ClH.Ti/c1-15-8-7-13-19(20(15)22)23-18-12-6-5-9-16(18)14-21-17-10-3-2-4-11-17;;;/h2-14,22-23H,1H3;2*1H;/q;;;+2/p-2. The summed E-state index contributed by atoms with van der Waals surface area (Å²) in [7, 11) is 10.2. The number of hydrogen-bond acceptors (Lipinski definition) is 2. The Labute approximate surface area is 172 Å². The van der Waals surface area contributed by atoms with Gasteiger partial charge in [0.25, 0.3) is 0 Å². The van der Waals surface area contributed by atoms with Crippen molar-refractivity contribution in [1.82, 2.24) is 0 Å². The molecule has 0 amide bonds. The summed E-state index contributed by atoms with van der Waals surface area (Å²) in [5.41, 5.74) is 2.92. The van der Waals surface area contributed by atoms with Gasteiger partial charge < -0.3 is 5.11 Å². The van der Waals surface area contributed by atoms with Gasteiger partial charge >= 0.3 is 35.6 Å². The van der Waals surface area contributed by atoms with Crippen molar-refractivity contribution in [1.29, 1.82) is 0 Å². The van der Waals surface area contributed by atoms with Gasteiger partial charge in [0.05, 0.1) is 5.69 Å². The first-order valence-corrected chi connectivity index (χ1v) is 13.2. The average molecular weight is 438 g/mol. The van der Waals surface area contributed by atoms with Crippen LogP contribution in [0, 0.1) is 6.92 Å². The van der Waals surface area contributed by atoms with Crippen LogP contribution >= 0.6 is 27.2 Å². The number of aliphatic imine (C=N–C) groups is 1. The van der Waals surface area contributed by atoms with Crippen molar-refractivity contribution in [2.24, 2.45) is 4.99 Å². The number of phenols is 1. The van der Waals surface area contributed by atoms with Gasteiger partial charge in [0.2, 0.25) is 0 Å². The molecule has 132 valence electrons. The van der Waals surface area contributed by atoms with Crippen molar-refractivity contribution in [3.63, 3.8) is 0 Å². The molecule has 26 heavy (non-hydrogen) atoms. The molecule has 3 rings (SSSR count). The number of para-hydroxylation sites is 2. The second kappa shape index (κ2) is 11.5. The van der Waals surface area contributed by atoms with Gasteiger partial charge in [0.15, 0.2) is 0 Å². The number of hydrogen-bond donors (Lipinski definition) is 1. The van der Waals surface area contributed by atoms with E-state index >= 15 is 0 Å². The molecule has 0 aromatic heterocycles. The van der Waals surface area contributed by atoms with Crippen LogP contribution in [0.25, 0.3) is 0 Å². The second-order valence-corrected chi connectivity index (χ2v) is 9.25. The van der Waals surface area contributed by atoms with Gasteiger partial charge in [0, 0.05) is 17.1 Å². The van der Waals surface area contributed by atoms with Crippen LogP contribution in [0.3, 0.4) is 0 Å². The maximum absolute atomic E-state index is 10.2. The first kappa shape index (κ1) is 21.2. The first-order chi connectivity index (χ1) is 12.7. The van der Waals surface area contributed by atoms with Gasteiger partial charge in [0.1, 0.15) is 5.75 Å². The zero-order valence-electron chi connectivity index (χ0n) is 14.2. The number of rotatable bonds is 4. The van der Waals surface area contributed by atoms with Crippen LogP contribution in [0.4, 0.5) is 5.69 Å². The molecule has 0 bridgehead atoms. The molecule has 3 aromatic carbocycles. The fraction of sp³-hybridized carbons (Fsp3) is 0.0500. The van der Waals surface area contributed by atoms with E-state index in [1.165, 1.54) is 5.30 Å². The van der Waals surface area contributed by atoms with Crippen LogP contribution in [-0.4, -0.2) is 11.3 Å². The minimum absolute atomic E-state index is 0.389. The van der Waals surface area contributed by atoms with Gasteiger partial charge in [-0.3, -0.25) is 4.99 Å². The molecule has 1 unspecified atom stereocenters. The van der Waals surface area contributed by atoms with Crippen molar-refractivity contribution < 1.29 is 22.1 Å². The fourth-order valence-electron chi connectivity index (χ4n) is 2.29. The molecule has 0 aliphatic carbocycles. The Balaban J connectivity index is 0.000000758. The van der Waals surface area contributed by atoms with Crippen LogP contribution in [-0.2, 0) is 17.0 Å². The van der Waals surface area contributed by atoms with Gasteiger partial charge in [-0.1, -0.05) is 69.2 Å². The van der Waals surface area contributed by atoms with Crippen molar-refractivity contribution in [2.75, 3.05) is 0 Å². The third-order valence-corrected chi connectivity index (χ3v) is 4.97.